The zero-order valence-corrected chi connectivity index (χ0v) is 17.1. The van der Waals surface area contributed by atoms with Gasteiger partial charge in [0.1, 0.15) is 0 Å². The highest BCUT2D eigenvalue weighted by Gasteiger charge is 2.32. The van der Waals surface area contributed by atoms with Crippen molar-refractivity contribution in [1.82, 2.24) is 20.4 Å². The fraction of sp³-hybridized carbons (Fsp3) is 0.850. The Hall–Kier alpha value is -0.950. The monoisotopic (exact) mass is 366 g/mol. The van der Waals surface area contributed by atoms with Gasteiger partial charge in [-0.3, -0.25) is 5.10 Å². The van der Waals surface area contributed by atoms with Crippen LogP contribution in [-0.2, 0) is 16.0 Å². The van der Waals surface area contributed by atoms with Crippen LogP contribution in [0, 0.1) is 11.8 Å². The Morgan fingerprint density at radius 3 is 2.38 bits per heavy atom. The van der Waals surface area contributed by atoms with E-state index in [2.05, 4.69) is 41.3 Å². The quantitative estimate of drug-likeness (QED) is 0.595. The minimum absolute atomic E-state index is 0.523. The molecule has 1 aromatic rings. The fourth-order valence-corrected chi connectivity index (χ4v) is 4.11. The van der Waals surface area contributed by atoms with Crippen molar-refractivity contribution in [1.29, 1.82) is 0 Å². The van der Waals surface area contributed by atoms with Gasteiger partial charge in [-0.05, 0) is 59.0 Å². The minimum Gasteiger partial charge on any atom is -0.381 e. The molecule has 1 saturated carbocycles. The maximum absolute atomic E-state index is 5.75. The number of H-pyrrole nitrogens is 1. The molecule has 0 bridgehead atoms. The largest absolute Gasteiger partial charge is 0.381 e. The maximum atomic E-state index is 5.75. The first-order valence-corrected chi connectivity index (χ1v) is 10.2. The molecule has 0 aromatic carbocycles. The lowest BCUT2D eigenvalue weighted by Crippen LogP contribution is -2.29. The molecule has 0 amide bonds. The Kier molecular flexibility index (Phi) is 9.61. The Bertz CT molecular complexity index is 478. The van der Waals surface area contributed by atoms with E-state index in [4.69, 9.17) is 9.47 Å². The number of ether oxygens (including phenoxy) is 2. The third-order valence-corrected chi connectivity index (χ3v) is 5.36. The van der Waals surface area contributed by atoms with Gasteiger partial charge in [-0.15, -0.1) is 0 Å². The Morgan fingerprint density at radius 1 is 1.15 bits per heavy atom. The molecule has 6 nitrogen and oxygen atoms in total. The van der Waals surface area contributed by atoms with E-state index in [1.165, 1.54) is 30.5 Å². The summed E-state index contributed by atoms with van der Waals surface area (Å²) in [5, 5.41) is 10.9. The van der Waals surface area contributed by atoms with Crippen molar-refractivity contribution in [2.75, 3.05) is 53.6 Å². The molecule has 0 aliphatic heterocycles. The predicted molar refractivity (Wildman–Crippen MR) is 105 cm³/mol. The number of likely N-dealkylation sites (N-methyl/N-ethyl adjacent to an activating group) is 2. The second-order valence-electron chi connectivity index (χ2n) is 7.61. The second-order valence-corrected chi connectivity index (χ2v) is 7.61. The molecule has 26 heavy (non-hydrogen) atoms. The molecule has 1 aliphatic carbocycles. The van der Waals surface area contributed by atoms with Gasteiger partial charge in [-0.25, -0.2) is 0 Å². The Balaban J connectivity index is 2.03. The van der Waals surface area contributed by atoms with E-state index < -0.39 is 0 Å². The van der Waals surface area contributed by atoms with Crippen molar-refractivity contribution < 1.29 is 9.47 Å². The molecular formula is C20H38N4O2. The second kappa shape index (κ2) is 11.7. The van der Waals surface area contributed by atoms with Crippen LogP contribution in [0.4, 0.5) is 0 Å². The van der Waals surface area contributed by atoms with Crippen molar-refractivity contribution in [3.05, 3.63) is 17.5 Å². The number of hydrogen-bond donors (Lipinski definition) is 2. The molecular weight excluding hydrogens is 328 g/mol. The van der Waals surface area contributed by atoms with Crippen molar-refractivity contribution in [3.63, 3.8) is 0 Å². The van der Waals surface area contributed by atoms with E-state index >= 15 is 0 Å². The van der Waals surface area contributed by atoms with E-state index in [-0.39, 0.29) is 0 Å². The minimum atomic E-state index is 0.523. The molecule has 2 rings (SSSR count). The Labute approximate surface area is 159 Å². The van der Waals surface area contributed by atoms with Gasteiger partial charge in [-0.2, -0.15) is 5.10 Å². The van der Waals surface area contributed by atoms with E-state index in [0.29, 0.717) is 17.8 Å². The van der Waals surface area contributed by atoms with Crippen molar-refractivity contribution in [3.8, 4) is 0 Å². The first kappa shape index (κ1) is 21.4. The summed E-state index contributed by atoms with van der Waals surface area (Å²) >= 11 is 0. The summed E-state index contributed by atoms with van der Waals surface area (Å²) < 4.78 is 11.5. The molecule has 1 heterocycles. The molecule has 0 radical (unpaired) electrons. The highest BCUT2D eigenvalue weighted by atomic mass is 16.5. The van der Waals surface area contributed by atoms with Crippen LogP contribution >= 0.6 is 0 Å². The highest BCUT2D eigenvalue weighted by molar-refractivity contribution is 5.21. The van der Waals surface area contributed by atoms with Crippen LogP contribution in [-0.4, -0.2) is 68.7 Å². The van der Waals surface area contributed by atoms with Gasteiger partial charge in [0.15, 0.2) is 0 Å². The van der Waals surface area contributed by atoms with Gasteiger partial charge in [-0.1, -0.05) is 0 Å². The summed E-state index contributed by atoms with van der Waals surface area (Å²) in [4.78, 5) is 2.35. The number of nitrogens with one attached hydrogen (secondary N) is 2. The molecule has 0 saturated heterocycles. The van der Waals surface area contributed by atoms with Gasteiger partial charge < -0.3 is 19.7 Å². The zero-order chi connectivity index (χ0) is 18.8. The van der Waals surface area contributed by atoms with E-state index in [9.17, 15) is 0 Å². The lowest BCUT2D eigenvalue weighted by atomic mass is 9.74. The van der Waals surface area contributed by atoms with Crippen LogP contribution < -0.4 is 5.32 Å². The summed E-state index contributed by atoms with van der Waals surface area (Å²) in [6.45, 7) is 10.4. The highest BCUT2D eigenvalue weighted by Crippen LogP contribution is 2.40. The first-order chi connectivity index (χ1) is 12.7. The van der Waals surface area contributed by atoms with Gasteiger partial charge in [0.2, 0.25) is 0 Å². The molecule has 2 atom stereocenters. The van der Waals surface area contributed by atoms with Crippen LogP contribution in [0.5, 0.6) is 0 Å². The lowest BCUT2D eigenvalue weighted by molar-refractivity contribution is 0.0425. The summed E-state index contributed by atoms with van der Waals surface area (Å²) in [7, 11) is 4.17. The topological polar surface area (TPSA) is 62.4 Å². The van der Waals surface area contributed by atoms with Gasteiger partial charge in [0.25, 0.3) is 0 Å². The summed E-state index contributed by atoms with van der Waals surface area (Å²) in [6.07, 6.45) is 5.58. The molecule has 150 valence electrons. The summed E-state index contributed by atoms with van der Waals surface area (Å²) in [6, 6.07) is 0. The molecule has 1 aliphatic rings. The van der Waals surface area contributed by atoms with Crippen molar-refractivity contribution in [2.45, 2.75) is 45.6 Å². The molecule has 0 unspecified atom stereocenters. The van der Waals surface area contributed by atoms with Crippen LogP contribution in [0.1, 0.15) is 50.3 Å². The van der Waals surface area contributed by atoms with E-state index in [0.717, 1.165) is 46.1 Å². The standard InChI is InChI=1S/C20H38N4O2/c1-5-25-14-16-9-17(15-26-6-2)11-18(10-16)20-19(12-22-23-20)13-24(4)8-7-21-3/h12,16-18,21H,5-11,13-15H2,1-4H3,(H,22,23)/t16-,17-/m1/s1. The number of hydrogen-bond acceptors (Lipinski definition) is 5. The number of aromatic nitrogens is 2. The van der Waals surface area contributed by atoms with Crippen molar-refractivity contribution >= 4 is 0 Å². The van der Waals surface area contributed by atoms with E-state index in [1.54, 1.807) is 0 Å². The van der Waals surface area contributed by atoms with Crippen LogP contribution in [0.2, 0.25) is 0 Å². The van der Waals surface area contributed by atoms with Gasteiger partial charge in [0.05, 0.1) is 6.20 Å². The van der Waals surface area contributed by atoms with Gasteiger partial charge in [0, 0.05) is 63.2 Å². The number of rotatable bonds is 12. The first-order valence-electron chi connectivity index (χ1n) is 10.2. The molecule has 6 heteroatoms. The van der Waals surface area contributed by atoms with Crippen molar-refractivity contribution in [2.24, 2.45) is 11.8 Å². The third-order valence-electron chi connectivity index (χ3n) is 5.36. The summed E-state index contributed by atoms with van der Waals surface area (Å²) in [5.41, 5.74) is 2.66. The smallest absolute Gasteiger partial charge is 0.0535 e. The van der Waals surface area contributed by atoms with Crippen LogP contribution in [0.25, 0.3) is 0 Å². The molecule has 2 N–H and O–H groups in total. The van der Waals surface area contributed by atoms with E-state index in [1.807, 2.05) is 13.2 Å². The molecule has 1 fully saturated rings. The average molecular weight is 367 g/mol. The lowest BCUT2D eigenvalue weighted by Gasteiger charge is -2.35. The number of nitrogens with zero attached hydrogens (tertiary/aromatic N) is 2. The third kappa shape index (κ3) is 6.65. The maximum Gasteiger partial charge on any atom is 0.0535 e. The Morgan fingerprint density at radius 2 is 1.81 bits per heavy atom. The summed E-state index contributed by atoms with van der Waals surface area (Å²) in [5.74, 6) is 1.74. The number of aromatic amines is 1. The van der Waals surface area contributed by atoms with Crippen LogP contribution in [0.3, 0.4) is 0 Å². The van der Waals surface area contributed by atoms with Crippen LogP contribution in [0.15, 0.2) is 6.20 Å². The zero-order valence-electron chi connectivity index (χ0n) is 17.1. The predicted octanol–water partition coefficient (Wildman–Crippen LogP) is 2.63. The normalized spacial score (nSPS) is 23.7. The fourth-order valence-electron chi connectivity index (χ4n) is 4.11. The molecule has 1 aromatic heterocycles. The SMILES string of the molecule is CCOC[C@H]1CC(c2[nH]ncc2CN(C)CCNC)C[C@H](COCC)C1. The average Bonchev–Trinajstić information content (AvgIpc) is 3.10. The molecule has 0 spiro atoms. The van der Waals surface area contributed by atoms with Gasteiger partial charge >= 0.3 is 0 Å².